The fraction of sp³-hybridized carbons (Fsp3) is 0.474. The van der Waals surface area contributed by atoms with Gasteiger partial charge in [0.25, 0.3) is 5.56 Å². The number of phenolic OH excluding ortho intramolecular Hbond substituents is 1. The van der Waals surface area contributed by atoms with Crippen molar-refractivity contribution in [1.29, 1.82) is 0 Å². The first-order valence-electron chi connectivity index (χ1n) is 8.70. The van der Waals surface area contributed by atoms with Crippen LogP contribution in [0.2, 0.25) is 0 Å². The van der Waals surface area contributed by atoms with Gasteiger partial charge in [0.15, 0.2) is 0 Å². The monoisotopic (exact) mass is 325 g/mol. The maximum absolute atomic E-state index is 12.3. The van der Waals surface area contributed by atoms with E-state index in [-0.39, 0.29) is 5.56 Å². The number of aryl methyl sites for hydroxylation is 1. The maximum Gasteiger partial charge on any atom is 0.254 e. The molecule has 1 aliphatic heterocycles. The Morgan fingerprint density at radius 2 is 2.21 bits per heavy atom. The molecule has 24 heavy (non-hydrogen) atoms. The third-order valence-electron chi connectivity index (χ3n) is 5.01. The molecule has 2 aliphatic rings. The number of hydrogen-bond acceptors (Lipinski definition) is 4. The molecule has 0 saturated heterocycles. The molecule has 0 bridgehead atoms. The fourth-order valence-electron chi connectivity index (χ4n) is 3.45. The van der Waals surface area contributed by atoms with E-state index in [1.165, 1.54) is 12.8 Å². The molecule has 2 heterocycles. The Labute approximate surface area is 141 Å². The summed E-state index contributed by atoms with van der Waals surface area (Å²) < 4.78 is 0. The Balaban J connectivity index is 1.55. The third-order valence-corrected chi connectivity index (χ3v) is 5.01. The molecule has 0 spiro atoms. The molecule has 0 atom stereocenters. The van der Waals surface area contributed by atoms with Crippen LogP contribution >= 0.6 is 0 Å². The van der Waals surface area contributed by atoms with Gasteiger partial charge in [-0.3, -0.25) is 9.69 Å². The van der Waals surface area contributed by atoms with E-state index in [0.29, 0.717) is 31.2 Å². The number of hydrogen-bond donors (Lipinski definition) is 2. The van der Waals surface area contributed by atoms with Crippen LogP contribution in [0.5, 0.6) is 5.75 Å². The molecule has 1 aromatic heterocycles. The Bertz CT molecular complexity index is 824. The van der Waals surface area contributed by atoms with Crippen LogP contribution in [0.1, 0.15) is 41.1 Å². The average molecular weight is 325 g/mol. The number of phenols is 1. The number of benzene rings is 1. The van der Waals surface area contributed by atoms with Gasteiger partial charge in [-0.2, -0.15) is 0 Å². The lowest BCUT2D eigenvalue weighted by atomic mass is 10.0. The SMILES string of the molecule is Cc1ccc(O)c(CN2CCc3c(nc(CC4CC4)[nH]c3=O)C2)c1. The number of aromatic amines is 1. The van der Waals surface area contributed by atoms with Gasteiger partial charge >= 0.3 is 0 Å². The molecule has 126 valence electrons. The van der Waals surface area contributed by atoms with Crippen LogP contribution in [0.4, 0.5) is 0 Å². The summed E-state index contributed by atoms with van der Waals surface area (Å²) >= 11 is 0. The zero-order valence-electron chi connectivity index (χ0n) is 14.0. The number of H-pyrrole nitrogens is 1. The largest absolute Gasteiger partial charge is 0.508 e. The van der Waals surface area contributed by atoms with Crippen LogP contribution in [-0.2, 0) is 25.9 Å². The van der Waals surface area contributed by atoms with Gasteiger partial charge in [0, 0.05) is 37.2 Å². The lowest BCUT2D eigenvalue weighted by molar-refractivity contribution is 0.237. The second-order valence-corrected chi connectivity index (χ2v) is 7.18. The molecule has 2 aromatic rings. The topological polar surface area (TPSA) is 69.2 Å². The molecule has 4 rings (SSSR count). The zero-order valence-corrected chi connectivity index (χ0v) is 14.0. The minimum atomic E-state index is 0.0358. The molecule has 1 aliphatic carbocycles. The van der Waals surface area contributed by atoms with Crippen molar-refractivity contribution in [3.05, 3.63) is 56.8 Å². The van der Waals surface area contributed by atoms with Crippen molar-refractivity contribution in [3.8, 4) is 5.75 Å². The van der Waals surface area contributed by atoms with Crippen molar-refractivity contribution in [2.24, 2.45) is 5.92 Å². The summed E-state index contributed by atoms with van der Waals surface area (Å²) in [6.45, 7) is 4.19. The summed E-state index contributed by atoms with van der Waals surface area (Å²) in [6.07, 6.45) is 4.11. The van der Waals surface area contributed by atoms with E-state index in [1.54, 1.807) is 6.07 Å². The second-order valence-electron chi connectivity index (χ2n) is 7.18. The van der Waals surface area contributed by atoms with Crippen LogP contribution in [0.3, 0.4) is 0 Å². The van der Waals surface area contributed by atoms with Crippen LogP contribution in [0, 0.1) is 12.8 Å². The molecule has 1 fully saturated rings. The molecule has 0 unspecified atom stereocenters. The first-order valence-corrected chi connectivity index (χ1v) is 8.70. The normalized spacial score (nSPS) is 17.7. The van der Waals surface area contributed by atoms with Crippen molar-refractivity contribution in [3.63, 3.8) is 0 Å². The fourth-order valence-corrected chi connectivity index (χ4v) is 3.45. The Morgan fingerprint density at radius 3 is 3.00 bits per heavy atom. The molecule has 0 amide bonds. The molecule has 0 radical (unpaired) electrons. The van der Waals surface area contributed by atoms with Gasteiger partial charge in [-0.25, -0.2) is 4.98 Å². The minimum absolute atomic E-state index is 0.0358. The van der Waals surface area contributed by atoms with E-state index in [0.717, 1.165) is 41.2 Å². The predicted molar refractivity (Wildman–Crippen MR) is 91.9 cm³/mol. The quantitative estimate of drug-likeness (QED) is 0.905. The average Bonchev–Trinajstić information content (AvgIpc) is 3.34. The lowest BCUT2D eigenvalue weighted by Gasteiger charge is -2.28. The van der Waals surface area contributed by atoms with Crippen LogP contribution < -0.4 is 5.56 Å². The van der Waals surface area contributed by atoms with E-state index in [4.69, 9.17) is 4.98 Å². The first-order chi connectivity index (χ1) is 11.6. The minimum Gasteiger partial charge on any atom is -0.508 e. The summed E-state index contributed by atoms with van der Waals surface area (Å²) in [5, 5.41) is 10.1. The number of nitrogens with zero attached hydrogens (tertiary/aromatic N) is 2. The smallest absolute Gasteiger partial charge is 0.254 e. The maximum atomic E-state index is 12.3. The number of fused-ring (bicyclic) bond motifs is 1. The molecule has 5 nitrogen and oxygen atoms in total. The van der Waals surface area contributed by atoms with Gasteiger partial charge in [0.1, 0.15) is 11.6 Å². The Morgan fingerprint density at radius 1 is 1.38 bits per heavy atom. The summed E-state index contributed by atoms with van der Waals surface area (Å²) in [5.41, 5.74) is 3.85. The summed E-state index contributed by atoms with van der Waals surface area (Å²) in [5.74, 6) is 1.87. The highest BCUT2D eigenvalue weighted by Gasteiger charge is 2.25. The van der Waals surface area contributed by atoms with Crippen molar-refractivity contribution in [2.45, 2.75) is 45.7 Å². The number of aromatic nitrogens is 2. The molecule has 5 heteroatoms. The summed E-state index contributed by atoms with van der Waals surface area (Å²) in [4.78, 5) is 22.2. The van der Waals surface area contributed by atoms with E-state index >= 15 is 0 Å². The molecule has 1 aromatic carbocycles. The molecule has 1 saturated carbocycles. The standard InChI is InChI=1S/C19H23N3O2/c1-12-2-5-17(23)14(8-12)10-22-7-6-15-16(11-22)20-18(21-19(15)24)9-13-3-4-13/h2,5,8,13,23H,3-4,6-7,9-11H2,1H3,(H,20,21,24). The third kappa shape index (κ3) is 3.22. The van der Waals surface area contributed by atoms with E-state index < -0.39 is 0 Å². The van der Waals surface area contributed by atoms with Gasteiger partial charge in [-0.1, -0.05) is 17.7 Å². The van der Waals surface area contributed by atoms with Crippen LogP contribution in [0.25, 0.3) is 0 Å². The van der Waals surface area contributed by atoms with Crippen molar-refractivity contribution in [2.75, 3.05) is 6.54 Å². The van der Waals surface area contributed by atoms with Gasteiger partial charge in [0.05, 0.1) is 5.69 Å². The molecule has 2 N–H and O–H groups in total. The van der Waals surface area contributed by atoms with E-state index in [9.17, 15) is 9.90 Å². The van der Waals surface area contributed by atoms with Crippen molar-refractivity contribution < 1.29 is 5.11 Å². The highest BCUT2D eigenvalue weighted by Crippen LogP contribution is 2.31. The highest BCUT2D eigenvalue weighted by molar-refractivity contribution is 5.35. The van der Waals surface area contributed by atoms with Crippen LogP contribution in [-0.4, -0.2) is 26.5 Å². The first kappa shape index (κ1) is 15.4. The lowest BCUT2D eigenvalue weighted by Crippen LogP contribution is -2.35. The summed E-state index contributed by atoms with van der Waals surface area (Å²) in [6, 6.07) is 5.68. The van der Waals surface area contributed by atoms with E-state index in [2.05, 4.69) is 9.88 Å². The van der Waals surface area contributed by atoms with Gasteiger partial charge in [-0.15, -0.1) is 0 Å². The van der Waals surface area contributed by atoms with Gasteiger partial charge < -0.3 is 10.1 Å². The van der Waals surface area contributed by atoms with Gasteiger partial charge in [0.2, 0.25) is 0 Å². The zero-order chi connectivity index (χ0) is 16.7. The van der Waals surface area contributed by atoms with Crippen molar-refractivity contribution >= 4 is 0 Å². The van der Waals surface area contributed by atoms with Crippen molar-refractivity contribution in [1.82, 2.24) is 14.9 Å². The highest BCUT2D eigenvalue weighted by atomic mass is 16.3. The van der Waals surface area contributed by atoms with E-state index in [1.807, 2.05) is 19.1 Å². The predicted octanol–water partition coefficient (Wildman–Crippen LogP) is 2.29. The molecular weight excluding hydrogens is 302 g/mol. The Hall–Kier alpha value is -2.14. The Kier molecular flexibility index (Phi) is 3.88. The number of rotatable bonds is 4. The second kappa shape index (κ2) is 6.06. The van der Waals surface area contributed by atoms with Gasteiger partial charge in [-0.05, 0) is 38.2 Å². The number of aromatic hydroxyl groups is 1. The molecular formula is C19H23N3O2. The summed E-state index contributed by atoms with van der Waals surface area (Å²) in [7, 11) is 0. The number of nitrogens with one attached hydrogen (secondary N) is 1. The van der Waals surface area contributed by atoms with Crippen LogP contribution in [0.15, 0.2) is 23.0 Å².